The molecular formula is C13H18ClF2N3O. The van der Waals surface area contributed by atoms with Gasteiger partial charge >= 0.3 is 0 Å². The van der Waals surface area contributed by atoms with Crippen molar-refractivity contribution < 1.29 is 13.6 Å². The first kappa shape index (κ1) is 15.2. The second-order valence-corrected chi connectivity index (χ2v) is 5.89. The SMILES string of the molecule is CC(C)CNC(=O)Cn1nc(C(F)F)c(Cl)c1C1CC1. The second-order valence-electron chi connectivity index (χ2n) is 5.52. The van der Waals surface area contributed by atoms with E-state index in [4.69, 9.17) is 11.6 Å². The van der Waals surface area contributed by atoms with Crippen molar-refractivity contribution >= 4 is 17.5 Å². The summed E-state index contributed by atoms with van der Waals surface area (Å²) in [6, 6.07) is 0. The van der Waals surface area contributed by atoms with Crippen molar-refractivity contribution in [2.24, 2.45) is 5.92 Å². The molecule has 1 aliphatic rings. The molecule has 4 nitrogen and oxygen atoms in total. The molecule has 1 aromatic rings. The molecule has 1 aliphatic carbocycles. The van der Waals surface area contributed by atoms with E-state index in [0.29, 0.717) is 18.2 Å². The van der Waals surface area contributed by atoms with Gasteiger partial charge in [0.1, 0.15) is 12.2 Å². The number of carbonyl (C=O) groups is 1. The maximum Gasteiger partial charge on any atom is 0.283 e. The standard InChI is InChI=1S/C13H18ClF2N3O/c1-7(2)5-17-9(20)6-19-12(8-3-4-8)10(14)11(18-19)13(15)16/h7-8,13H,3-6H2,1-2H3,(H,17,20). The lowest BCUT2D eigenvalue weighted by Gasteiger charge is -2.09. The van der Waals surface area contributed by atoms with Gasteiger partial charge in [0, 0.05) is 12.5 Å². The molecule has 0 aromatic carbocycles. The zero-order chi connectivity index (χ0) is 14.9. The van der Waals surface area contributed by atoms with Crippen LogP contribution in [-0.4, -0.2) is 22.2 Å². The largest absolute Gasteiger partial charge is 0.354 e. The van der Waals surface area contributed by atoms with Crippen LogP contribution >= 0.6 is 11.6 Å². The van der Waals surface area contributed by atoms with Gasteiger partial charge in [-0.2, -0.15) is 5.10 Å². The summed E-state index contributed by atoms with van der Waals surface area (Å²) >= 11 is 5.98. The topological polar surface area (TPSA) is 46.9 Å². The summed E-state index contributed by atoms with van der Waals surface area (Å²) in [5.74, 6) is 0.251. The van der Waals surface area contributed by atoms with Gasteiger partial charge < -0.3 is 5.32 Å². The van der Waals surface area contributed by atoms with Crippen molar-refractivity contribution in [1.82, 2.24) is 15.1 Å². The first-order chi connectivity index (χ1) is 9.40. The van der Waals surface area contributed by atoms with Crippen LogP contribution in [0.1, 0.15) is 50.4 Å². The molecule has 1 amide bonds. The molecule has 0 atom stereocenters. The molecule has 112 valence electrons. The summed E-state index contributed by atoms with van der Waals surface area (Å²) in [7, 11) is 0. The summed E-state index contributed by atoms with van der Waals surface area (Å²) < 4.78 is 27.0. The monoisotopic (exact) mass is 305 g/mol. The molecule has 1 heterocycles. The maximum absolute atomic E-state index is 12.8. The highest BCUT2D eigenvalue weighted by molar-refractivity contribution is 6.32. The van der Waals surface area contributed by atoms with Crippen LogP contribution in [-0.2, 0) is 11.3 Å². The summed E-state index contributed by atoms with van der Waals surface area (Å²) in [5.41, 5.74) is 0.145. The van der Waals surface area contributed by atoms with E-state index in [0.717, 1.165) is 12.8 Å². The van der Waals surface area contributed by atoms with Crippen molar-refractivity contribution in [2.75, 3.05) is 6.54 Å². The van der Waals surface area contributed by atoms with E-state index in [2.05, 4.69) is 10.4 Å². The molecule has 0 unspecified atom stereocenters. The van der Waals surface area contributed by atoms with Crippen LogP contribution in [0.25, 0.3) is 0 Å². The summed E-state index contributed by atoms with van der Waals surface area (Å²) in [6.07, 6.45) is -0.913. The van der Waals surface area contributed by atoms with Gasteiger partial charge in [0.25, 0.3) is 6.43 Å². The molecule has 1 N–H and O–H groups in total. The third kappa shape index (κ3) is 3.48. The highest BCUT2D eigenvalue weighted by Crippen LogP contribution is 2.45. The van der Waals surface area contributed by atoms with E-state index in [1.54, 1.807) is 0 Å². The first-order valence-corrected chi connectivity index (χ1v) is 7.08. The Hall–Kier alpha value is -1.17. The Bertz CT molecular complexity index is 498. The van der Waals surface area contributed by atoms with Crippen molar-refractivity contribution in [3.05, 3.63) is 16.4 Å². The lowest BCUT2D eigenvalue weighted by Crippen LogP contribution is -2.31. The molecule has 1 aromatic heterocycles. The fraction of sp³-hybridized carbons (Fsp3) is 0.692. The zero-order valence-electron chi connectivity index (χ0n) is 11.5. The summed E-state index contributed by atoms with van der Waals surface area (Å²) in [6.45, 7) is 4.45. The van der Waals surface area contributed by atoms with Crippen LogP contribution in [0.15, 0.2) is 0 Å². The number of halogens is 3. The van der Waals surface area contributed by atoms with E-state index in [1.807, 2.05) is 13.8 Å². The average Bonchev–Trinajstić information content (AvgIpc) is 3.12. The number of amides is 1. The molecule has 20 heavy (non-hydrogen) atoms. The Morgan fingerprint density at radius 1 is 1.50 bits per heavy atom. The van der Waals surface area contributed by atoms with Gasteiger partial charge in [-0.1, -0.05) is 25.4 Å². The molecule has 0 bridgehead atoms. The van der Waals surface area contributed by atoms with Crippen LogP contribution in [0.3, 0.4) is 0 Å². The fourth-order valence-corrected chi connectivity index (χ4v) is 2.36. The maximum atomic E-state index is 12.8. The normalized spacial score (nSPS) is 15.2. The van der Waals surface area contributed by atoms with Gasteiger partial charge in [0.05, 0.1) is 10.7 Å². The van der Waals surface area contributed by atoms with Crippen LogP contribution in [0.2, 0.25) is 5.02 Å². The number of carbonyl (C=O) groups excluding carboxylic acids is 1. The lowest BCUT2D eigenvalue weighted by atomic mass is 10.2. The average molecular weight is 306 g/mol. The van der Waals surface area contributed by atoms with Crippen molar-refractivity contribution in [3.63, 3.8) is 0 Å². The Kier molecular flexibility index (Phi) is 4.62. The smallest absolute Gasteiger partial charge is 0.283 e. The van der Waals surface area contributed by atoms with Gasteiger partial charge in [-0.25, -0.2) is 8.78 Å². The number of nitrogens with one attached hydrogen (secondary N) is 1. The van der Waals surface area contributed by atoms with Gasteiger partial charge in [-0.05, 0) is 18.8 Å². The molecule has 7 heteroatoms. The third-order valence-electron chi connectivity index (χ3n) is 3.13. The fourth-order valence-electron chi connectivity index (χ4n) is 1.99. The summed E-state index contributed by atoms with van der Waals surface area (Å²) in [5, 5.41) is 6.57. The highest BCUT2D eigenvalue weighted by Gasteiger charge is 2.34. The van der Waals surface area contributed by atoms with Gasteiger partial charge in [-0.3, -0.25) is 9.48 Å². The highest BCUT2D eigenvalue weighted by atomic mass is 35.5. The van der Waals surface area contributed by atoms with Crippen molar-refractivity contribution in [3.8, 4) is 0 Å². The molecule has 1 fully saturated rings. The third-order valence-corrected chi connectivity index (χ3v) is 3.52. The lowest BCUT2D eigenvalue weighted by molar-refractivity contribution is -0.122. The van der Waals surface area contributed by atoms with Crippen LogP contribution in [0, 0.1) is 5.92 Å². The van der Waals surface area contributed by atoms with Crippen molar-refractivity contribution in [2.45, 2.75) is 45.6 Å². The van der Waals surface area contributed by atoms with E-state index < -0.39 is 12.1 Å². The molecule has 0 saturated heterocycles. The van der Waals surface area contributed by atoms with Crippen molar-refractivity contribution in [1.29, 1.82) is 0 Å². The number of nitrogens with zero attached hydrogens (tertiary/aromatic N) is 2. The van der Waals surface area contributed by atoms with Gasteiger partial charge in [-0.15, -0.1) is 0 Å². The molecule has 0 spiro atoms. The van der Waals surface area contributed by atoms with E-state index >= 15 is 0 Å². The Balaban J connectivity index is 2.14. The number of aromatic nitrogens is 2. The molecule has 1 saturated carbocycles. The van der Waals surface area contributed by atoms with Gasteiger partial charge in [0.15, 0.2) is 0 Å². The predicted molar refractivity (Wildman–Crippen MR) is 72.0 cm³/mol. The Morgan fingerprint density at radius 2 is 2.15 bits per heavy atom. The molecule has 0 aliphatic heterocycles. The minimum absolute atomic E-state index is 0.0131. The quantitative estimate of drug-likeness (QED) is 0.877. The van der Waals surface area contributed by atoms with Crippen LogP contribution in [0.4, 0.5) is 8.78 Å². The zero-order valence-corrected chi connectivity index (χ0v) is 12.3. The predicted octanol–water partition coefficient (Wildman–Crippen LogP) is 3.12. The molecule has 0 radical (unpaired) electrons. The van der Waals surface area contributed by atoms with E-state index in [-0.39, 0.29) is 23.4 Å². The number of hydrogen-bond donors (Lipinski definition) is 1. The first-order valence-electron chi connectivity index (χ1n) is 6.71. The number of rotatable bonds is 6. The number of hydrogen-bond acceptors (Lipinski definition) is 2. The Morgan fingerprint density at radius 3 is 2.65 bits per heavy atom. The minimum atomic E-state index is -2.72. The Labute approximate surface area is 121 Å². The van der Waals surface area contributed by atoms with E-state index in [1.165, 1.54) is 4.68 Å². The minimum Gasteiger partial charge on any atom is -0.354 e. The van der Waals surface area contributed by atoms with Crippen LogP contribution < -0.4 is 5.32 Å². The van der Waals surface area contributed by atoms with Crippen LogP contribution in [0.5, 0.6) is 0 Å². The van der Waals surface area contributed by atoms with E-state index in [9.17, 15) is 13.6 Å². The second kappa shape index (κ2) is 6.08. The molecule has 2 rings (SSSR count). The molecular weight excluding hydrogens is 288 g/mol. The van der Waals surface area contributed by atoms with Gasteiger partial charge in [0.2, 0.25) is 5.91 Å². The summed E-state index contributed by atoms with van der Waals surface area (Å²) in [4.78, 5) is 11.8. The number of alkyl halides is 2.